The molecule has 2 rings (SSSR count). The number of phenolic OH excluding ortho intramolecular Hbond substituents is 1. The van der Waals surface area contributed by atoms with Gasteiger partial charge in [-0.15, -0.1) is 0 Å². The minimum absolute atomic E-state index is 0.148. The Balaban J connectivity index is 1.98. The first-order valence-electron chi connectivity index (χ1n) is 5.29. The number of nitrogens with one attached hydrogen (secondary N) is 1. The summed E-state index contributed by atoms with van der Waals surface area (Å²) in [5.74, 6) is -0.234. The zero-order chi connectivity index (χ0) is 12.8. The van der Waals surface area contributed by atoms with Crippen LogP contribution in [0.1, 0.15) is 16.1 Å². The van der Waals surface area contributed by atoms with Gasteiger partial charge in [-0.25, -0.2) is 5.43 Å². The van der Waals surface area contributed by atoms with Crippen molar-refractivity contribution in [1.82, 2.24) is 10.4 Å². The molecular formula is C13H11N3O2. The molecule has 0 aliphatic rings. The fourth-order valence-corrected chi connectivity index (χ4v) is 1.32. The van der Waals surface area contributed by atoms with Crippen LogP contribution < -0.4 is 5.43 Å². The number of pyridine rings is 1. The third-order valence-electron chi connectivity index (χ3n) is 2.15. The molecule has 5 heteroatoms. The highest BCUT2D eigenvalue weighted by Crippen LogP contribution is 2.08. The number of phenols is 1. The van der Waals surface area contributed by atoms with Gasteiger partial charge in [-0.05, 0) is 29.8 Å². The number of hydrogen-bond acceptors (Lipinski definition) is 4. The van der Waals surface area contributed by atoms with Gasteiger partial charge in [-0.2, -0.15) is 5.10 Å². The van der Waals surface area contributed by atoms with Crippen LogP contribution >= 0.6 is 0 Å². The Morgan fingerprint density at radius 1 is 1.28 bits per heavy atom. The molecule has 0 aliphatic carbocycles. The van der Waals surface area contributed by atoms with Crippen LogP contribution in [0.5, 0.6) is 5.75 Å². The molecule has 1 heterocycles. The zero-order valence-corrected chi connectivity index (χ0v) is 9.45. The van der Waals surface area contributed by atoms with Crippen molar-refractivity contribution in [2.24, 2.45) is 5.10 Å². The lowest BCUT2D eigenvalue weighted by Crippen LogP contribution is -2.18. The molecule has 2 aromatic rings. The lowest BCUT2D eigenvalue weighted by atomic mass is 10.2. The second-order valence-corrected chi connectivity index (χ2v) is 3.51. The van der Waals surface area contributed by atoms with E-state index in [-0.39, 0.29) is 11.7 Å². The van der Waals surface area contributed by atoms with Crippen molar-refractivity contribution in [3.05, 3.63) is 59.9 Å². The smallest absolute Gasteiger partial charge is 0.289 e. The van der Waals surface area contributed by atoms with Crippen molar-refractivity contribution >= 4 is 12.1 Å². The van der Waals surface area contributed by atoms with Crippen LogP contribution in [0.25, 0.3) is 0 Å². The van der Waals surface area contributed by atoms with E-state index >= 15 is 0 Å². The SMILES string of the molecule is O=C(N/N=C\c1cccc(O)c1)c1ccccn1. The van der Waals surface area contributed by atoms with Crippen LogP contribution in [-0.4, -0.2) is 22.2 Å². The van der Waals surface area contributed by atoms with Gasteiger partial charge in [0.15, 0.2) is 0 Å². The number of hydrazone groups is 1. The van der Waals surface area contributed by atoms with Gasteiger partial charge in [0.05, 0.1) is 6.21 Å². The van der Waals surface area contributed by atoms with E-state index in [9.17, 15) is 9.90 Å². The Bertz CT molecular complexity index is 567. The molecule has 1 aromatic carbocycles. The summed E-state index contributed by atoms with van der Waals surface area (Å²) < 4.78 is 0. The van der Waals surface area contributed by atoms with Crippen molar-refractivity contribution in [3.8, 4) is 5.75 Å². The number of carbonyl (C=O) groups is 1. The maximum Gasteiger partial charge on any atom is 0.289 e. The fraction of sp³-hybridized carbons (Fsp3) is 0. The second kappa shape index (κ2) is 5.58. The molecular weight excluding hydrogens is 230 g/mol. The predicted molar refractivity (Wildman–Crippen MR) is 67.4 cm³/mol. The Hall–Kier alpha value is -2.69. The van der Waals surface area contributed by atoms with Crippen LogP contribution in [0, 0.1) is 0 Å². The van der Waals surface area contributed by atoms with E-state index in [1.165, 1.54) is 18.5 Å². The highest BCUT2D eigenvalue weighted by atomic mass is 16.3. The molecule has 0 unspecified atom stereocenters. The number of rotatable bonds is 3. The Morgan fingerprint density at radius 2 is 2.17 bits per heavy atom. The molecule has 0 fully saturated rings. The maximum absolute atomic E-state index is 11.6. The number of carbonyl (C=O) groups excluding carboxylic acids is 1. The van der Waals surface area contributed by atoms with Gasteiger partial charge in [0.1, 0.15) is 11.4 Å². The Morgan fingerprint density at radius 3 is 2.89 bits per heavy atom. The van der Waals surface area contributed by atoms with Crippen LogP contribution in [0.2, 0.25) is 0 Å². The average Bonchev–Trinajstić information content (AvgIpc) is 2.40. The van der Waals surface area contributed by atoms with Gasteiger partial charge < -0.3 is 5.11 Å². The quantitative estimate of drug-likeness (QED) is 0.632. The first-order chi connectivity index (χ1) is 8.75. The molecule has 0 spiro atoms. The van der Waals surface area contributed by atoms with E-state index < -0.39 is 0 Å². The molecule has 0 bridgehead atoms. The number of hydrogen-bond donors (Lipinski definition) is 2. The summed E-state index contributed by atoms with van der Waals surface area (Å²) in [6.45, 7) is 0. The molecule has 90 valence electrons. The number of nitrogens with zero attached hydrogens (tertiary/aromatic N) is 2. The summed E-state index contributed by atoms with van der Waals surface area (Å²) in [6, 6.07) is 11.6. The monoisotopic (exact) mass is 241 g/mol. The largest absolute Gasteiger partial charge is 0.508 e. The Labute approximate surface area is 104 Å². The van der Waals surface area contributed by atoms with Crippen molar-refractivity contribution < 1.29 is 9.90 Å². The second-order valence-electron chi connectivity index (χ2n) is 3.51. The molecule has 1 aromatic heterocycles. The summed E-state index contributed by atoms with van der Waals surface area (Å²) in [5.41, 5.74) is 3.34. The van der Waals surface area contributed by atoms with Crippen molar-refractivity contribution in [1.29, 1.82) is 0 Å². The van der Waals surface area contributed by atoms with Crippen LogP contribution in [0.15, 0.2) is 53.8 Å². The maximum atomic E-state index is 11.6. The molecule has 18 heavy (non-hydrogen) atoms. The van der Waals surface area contributed by atoms with Gasteiger partial charge in [-0.3, -0.25) is 9.78 Å². The van der Waals surface area contributed by atoms with Crippen molar-refractivity contribution in [3.63, 3.8) is 0 Å². The highest BCUT2D eigenvalue weighted by molar-refractivity contribution is 5.93. The summed E-state index contributed by atoms with van der Waals surface area (Å²) in [5, 5.41) is 13.0. The van der Waals surface area contributed by atoms with E-state index in [4.69, 9.17) is 0 Å². The summed E-state index contributed by atoms with van der Waals surface area (Å²) >= 11 is 0. The van der Waals surface area contributed by atoms with Gasteiger partial charge in [0.25, 0.3) is 5.91 Å². The lowest BCUT2D eigenvalue weighted by molar-refractivity contribution is 0.0950. The molecule has 2 N–H and O–H groups in total. The Kier molecular flexibility index (Phi) is 3.66. The van der Waals surface area contributed by atoms with Gasteiger partial charge in [-0.1, -0.05) is 18.2 Å². The van der Waals surface area contributed by atoms with Crippen molar-refractivity contribution in [2.45, 2.75) is 0 Å². The summed E-state index contributed by atoms with van der Waals surface area (Å²) in [4.78, 5) is 15.5. The highest BCUT2D eigenvalue weighted by Gasteiger charge is 2.03. The molecule has 1 amide bonds. The number of amides is 1. The van der Waals surface area contributed by atoms with Crippen LogP contribution in [0.3, 0.4) is 0 Å². The number of aromatic hydroxyl groups is 1. The topological polar surface area (TPSA) is 74.6 Å². The van der Waals surface area contributed by atoms with E-state index in [1.807, 2.05) is 0 Å². The zero-order valence-electron chi connectivity index (χ0n) is 9.45. The van der Waals surface area contributed by atoms with Crippen LogP contribution in [-0.2, 0) is 0 Å². The summed E-state index contributed by atoms with van der Waals surface area (Å²) in [7, 11) is 0. The van der Waals surface area contributed by atoms with Gasteiger partial charge in [0.2, 0.25) is 0 Å². The standard InChI is InChI=1S/C13H11N3O2/c17-11-5-3-4-10(8-11)9-15-16-13(18)12-6-1-2-7-14-12/h1-9,17H,(H,16,18)/b15-9-. The van der Waals surface area contributed by atoms with Gasteiger partial charge in [0, 0.05) is 6.20 Å². The number of benzene rings is 1. The number of aromatic nitrogens is 1. The van der Waals surface area contributed by atoms with E-state index in [0.29, 0.717) is 11.3 Å². The molecule has 0 aliphatic heterocycles. The minimum Gasteiger partial charge on any atom is -0.508 e. The fourth-order valence-electron chi connectivity index (χ4n) is 1.32. The predicted octanol–water partition coefficient (Wildman–Crippen LogP) is 1.55. The summed E-state index contributed by atoms with van der Waals surface area (Å²) in [6.07, 6.45) is 2.98. The molecule has 0 radical (unpaired) electrons. The first kappa shape index (κ1) is 11.8. The lowest BCUT2D eigenvalue weighted by Gasteiger charge is -1.98. The minimum atomic E-state index is -0.382. The van der Waals surface area contributed by atoms with Gasteiger partial charge >= 0.3 is 0 Å². The third kappa shape index (κ3) is 3.15. The average molecular weight is 241 g/mol. The van der Waals surface area contributed by atoms with Crippen molar-refractivity contribution in [2.75, 3.05) is 0 Å². The van der Waals surface area contributed by atoms with E-state index in [0.717, 1.165) is 0 Å². The molecule has 5 nitrogen and oxygen atoms in total. The first-order valence-corrected chi connectivity index (χ1v) is 5.29. The molecule has 0 atom stereocenters. The normalized spacial score (nSPS) is 10.4. The van der Waals surface area contributed by atoms with Crippen LogP contribution in [0.4, 0.5) is 0 Å². The van der Waals surface area contributed by atoms with E-state index in [1.54, 1.807) is 36.4 Å². The van der Waals surface area contributed by atoms with E-state index in [2.05, 4.69) is 15.5 Å². The molecule has 0 saturated heterocycles. The third-order valence-corrected chi connectivity index (χ3v) is 2.15. The molecule has 0 saturated carbocycles.